The minimum Gasteiger partial charge on any atom is -0.314 e. The first-order valence-electron chi connectivity index (χ1n) is 5.25. The molecule has 1 aromatic rings. The van der Waals surface area contributed by atoms with E-state index in [0.717, 1.165) is 12.6 Å². The van der Waals surface area contributed by atoms with E-state index in [4.69, 9.17) is 0 Å². The van der Waals surface area contributed by atoms with Gasteiger partial charge in [0.1, 0.15) is 0 Å². The lowest BCUT2D eigenvalue weighted by molar-refractivity contribution is 0.451. The van der Waals surface area contributed by atoms with Gasteiger partial charge >= 0.3 is 0 Å². The molecule has 0 saturated heterocycles. The van der Waals surface area contributed by atoms with Crippen molar-refractivity contribution in [1.29, 1.82) is 0 Å². The van der Waals surface area contributed by atoms with Crippen LogP contribution in [0.1, 0.15) is 32.3 Å². The fraction of sp³-hybridized carbons (Fsp3) is 0.500. The van der Waals surface area contributed by atoms with Gasteiger partial charge in [-0.3, -0.25) is 0 Å². The van der Waals surface area contributed by atoms with Crippen molar-refractivity contribution in [3.8, 4) is 0 Å². The highest BCUT2D eigenvalue weighted by atomic mass is 19.2. The van der Waals surface area contributed by atoms with Gasteiger partial charge in [0.25, 0.3) is 0 Å². The first-order chi connectivity index (χ1) is 7.07. The summed E-state index contributed by atoms with van der Waals surface area (Å²) in [5, 5.41) is 3.20. The monoisotopic (exact) mass is 213 g/mol. The highest BCUT2D eigenvalue weighted by Crippen LogP contribution is 2.23. The Balaban J connectivity index is 2.90. The Labute approximate surface area is 89.5 Å². The van der Waals surface area contributed by atoms with Gasteiger partial charge in [0.15, 0.2) is 11.6 Å². The van der Waals surface area contributed by atoms with Gasteiger partial charge in [0, 0.05) is 6.04 Å². The number of rotatable bonds is 4. The number of halogens is 2. The predicted molar refractivity (Wildman–Crippen MR) is 57.9 cm³/mol. The van der Waals surface area contributed by atoms with E-state index in [0.29, 0.717) is 5.56 Å². The zero-order valence-corrected chi connectivity index (χ0v) is 9.35. The van der Waals surface area contributed by atoms with Gasteiger partial charge in [-0.05, 0) is 31.0 Å². The number of hydrogen-bond acceptors (Lipinski definition) is 1. The van der Waals surface area contributed by atoms with Gasteiger partial charge in [-0.25, -0.2) is 8.78 Å². The molecule has 0 bridgehead atoms. The molecule has 0 amide bonds. The molecule has 1 aromatic carbocycles. The summed E-state index contributed by atoms with van der Waals surface area (Å²) in [5.41, 5.74) is 0.434. The molecule has 0 aliphatic heterocycles. The first-order valence-corrected chi connectivity index (χ1v) is 5.25. The van der Waals surface area contributed by atoms with Crippen molar-refractivity contribution in [2.75, 3.05) is 6.54 Å². The molecule has 0 aliphatic rings. The SMILES string of the molecule is CCNC(C)C(C)c1cccc(F)c1F. The summed E-state index contributed by atoms with van der Waals surface area (Å²) in [4.78, 5) is 0. The molecule has 0 heterocycles. The van der Waals surface area contributed by atoms with Gasteiger partial charge in [-0.2, -0.15) is 0 Å². The number of nitrogens with one attached hydrogen (secondary N) is 1. The Morgan fingerprint density at radius 3 is 2.53 bits per heavy atom. The minimum absolute atomic E-state index is 0.0411. The van der Waals surface area contributed by atoms with E-state index in [-0.39, 0.29) is 12.0 Å². The highest BCUT2D eigenvalue weighted by molar-refractivity contribution is 5.23. The predicted octanol–water partition coefficient (Wildman–Crippen LogP) is 3.07. The Morgan fingerprint density at radius 1 is 1.27 bits per heavy atom. The van der Waals surface area contributed by atoms with Crippen molar-refractivity contribution in [2.24, 2.45) is 0 Å². The minimum atomic E-state index is -0.775. The molecule has 0 spiro atoms. The molecule has 0 saturated carbocycles. The third kappa shape index (κ3) is 2.75. The molecular formula is C12H17F2N. The lowest BCUT2D eigenvalue weighted by atomic mass is 9.94. The smallest absolute Gasteiger partial charge is 0.162 e. The van der Waals surface area contributed by atoms with Crippen LogP contribution in [0.4, 0.5) is 8.78 Å². The van der Waals surface area contributed by atoms with E-state index < -0.39 is 11.6 Å². The summed E-state index contributed by atoms with van der Waals surface area (Å²) in [6, 6.07) is 4.45. The molecule has 0 radical (unpaired) electrons. The van der Waals surface area contributed by atoms with Crippen LogP contribution in [0.3, 0.4) is 0 Å². The normalized spacial score (nSPS) is 15.0. The molecule has 2 unspecified atom stereocenters. The molecular weight excluding hydrogens is 196 g/mol. The van der Waals surface area contributed by atoms with Gasteiger partial charge in [-0.15, -0.1) is 0 Å². The Hall–Kier alpha value is -0.960. The Kier molecular flexibility index (Phi) is 4.21. The van der Waals surface area contributed by atoms with Crippen molar-refractivity contribution in [1.82, 2.24) is 5.32 Å². The van der Waals surface area contributed by atoms with Crippen molar-refractivity contribution < 1.29 is 8.78 Å². The van der Waals surface area contributed by atoms with Crippen LogP contribution in [0.2, 0.25) is 0 Å². The van der Waals surface area contributed by atoms with Crippen molar-refractivity contribution in [3.63, 3.8) is 0 Å². The quantitative estimate of drug-likeness (QED) is 0.810. The average Bonchev–Trinajstić information content (AvgIpc) is 2.21. The molecule has 1 rings (SSSR count). The topological polar surface area (TPSA) is 12.0 Å². The summed E-state index contributed by atoms with van der Waals surface area (Å²) in [6.07, 6.45) is 0. The molecule has 3 heteroatoms. The number of hydrogen-bond donors (Lipinski definition) is 1. The third-order valence-corrected chi connectivity index (χ3v) is 2.75. The molecule has 84 valence electrons. The highest BCUT2D eigenvalue weighted by Gasteiger charge is 2.18. The number of benzene rings is 1. The van der Waals surface area contributed by atoms with E-state index >= 15 is 0 Å². The van der Waals surface area contributed by atoms with Gasteiger partial charge in [-0.1, -0.05) is 26.0 Å². The molecule has 1 N–H and O–H groups in total. The summed E-state index contributed by atoms with van der Waals surface area (Å²) in [5.74, 6) is -1.54. The molecule has 0 aliphatic carbocycles. The number of likely N-dealkylation sites (N-methyl/N-ethyl adjacent to an activating group) is 1. The van der Waals surface area contributed by atoms with Crippen LogP contribution in [0.25, 0.3) is 0 Å². The molecule has 1 nitrogen and oxygen atoms in total. The van der Waals surface area contributed by atoms with Crippen LogP contribution >= 0.6 is 0 Å². The van der Waals surface area contributed by atoms with Crippen LogP contribution in [-0.2, 0) is 0 Å². The fourth-order valence-electron chi connectivity index (χ4n) is 1.64. The van der Waals surface area contributed by atoms with Gasteiger partial charge in [0.2, 0.25) is 0 Å². The zero-order valence-electron chi connectivity index (χ0n) is 9.35. The standard InChI is InChI=1S/C12H17F2N/c1-4-15-9(3)8(2)10-6-5-7-11(13)12(10)14/h5-9,15H,4H2,1-3H3. The second-order valence-corrected chi connectivity index (χ2v) is 3.78. The summed E-state index contributed by atoms with van der Waals surface area (Å²) in [7, 11) is 0. The largest absolute Gasteiger partial charge is 0.314 e. The first kappa shape index (κ1) is 12.1. The second-order valence-electron chi connectivity index (χ2n) is 3.78. The van der Waals surface area contributed by atoms with Gasteiger partial charge < -0.3 is 5.32 Å². The van der Waals surface area contributed by atoms with E-state index in [9.17, 15) is 8.78 Å². The van der Waals surface area contributed by atoms with Crippen LogP contribution < -0.4 is 5.32 Å². The molecule has 15 heavy (non-hydrogen) atoms. The second kappa shape index (κ2) is 5.21. The van der Waals surface area contributed by atoms with Crippen LogP contribution in [0.5, 0.6) is 0 Å². The maximum Gasteiger partial charge on any atom is 0.162 e. The maximum atomic E-state index is 13.4. The van der Waals surface area contributed by atoms with E-state index in [1.165, 1.54) is 0 Å². The Bertz CT molecular complexity index is 325. The van der Waals surface area contributed by atoms with Crippen LogP contribution in [-0.4, -0.2) is 12.6 Å². The van der Waals surface area contributed by atoms with Crippen LogP contribution in [0, 0.1) is 11.6 Å². The lowest BCUT2D eigenvalue weighted by Crippen LogP contribution is -2.31. The van der Waals surface area contributed by atoms with E-state index in [1.54, 1.807) is 12.1 Å². The summed E-state index contributed by atoms with van der Waals surface area (Å²) < 4.78 is 26.4. The lowest BCUT2D eigenvalue weighted by Gasteiger charge is -2.21. The molecule has 0 fully saturated rings. The molecule has 0 aromatic heterocycles. The van der Waals surface area contributed by atoms with Crippen molar-refractivity contribution >= 4 is 0 Å². The van der Waals surface area contributed by atoms with Crippen molar-refractivity contribution in [3.05, 3.63) is 35.4 Å². The van der Waals surface area contributed by atoms with Crippen molar-refractivity contribution in [2.45, 2.75) is 32.7 Å². The zero-order chi connectivity index (χ0) is 11.4. The Morgan fingerprint density at radius 2 is 1.93 bits per heavy atom. The van der Waals surface area contributed by atoms with E-state index in [2.05, 4.69) is 5.32 Å². The summed E-state index contributed by atoms with van der Waals surface area (Å²) in [6.45, 7) is 6.68. The molecule has 2 atom stereocenters. The third-order valence-electron chi connectivity index (χ3n) is 2.75. The maximum absolute atomic E-state index is 13.4. The average molecular weight is 213 g/mol. The fourth-order valence-corrected chi connectivity index (χ4v) is 1.64. The summed E-state index contributed by atoms with van der Waals surface area (Å²) >= 11 is 0. The van der Waals surface area contributed by atoms with Crippen LogP contribution in [0.15, 0.2) is 18.2 Å². The van der Waals surface area contributed by atoms with Gasteiger partial charge in [0.05, 0.1) is 0 Å². The van der Waals surface area contributed by atoms with E-state index in [1.807, 2.05) is 20.8 Å².